The Labute approximate surface area is 158 Å². The van der Waals surface area contributed by atoms with E-state index in [9.17, 15) is 14.4 Å². The molecule has 1 aliphatic heterocycles. The van der Waals surface area contributed by atoms with Gasteiger partial charge in [0.15, 0.2) is 0 Å². The van der Waals surface area contributed by atoms with Gasteiger partial charge in [-0.15, -0.1) is 0 Å². The van der Waals surface area contributed by atoms with Gasteiger partial charge in [-0.05, 0) is 52.3 Å². The average Bonchev–Trinajstić information content (AvgIpc) is 3.06. The van der Waals surface area contributed by atoms with Gasteiger partial charge in [-0.25, -0.2) is 4.98 Å². The van der Waals surface area contributed by atoms with Gasteiger partial charge in [0.05, 0.1) is 17.4 Å². The summed E-state index contributed by atoms with van der Waals surface area (Å²) in [5.41, 5.74) is 0.565. The maximum Gasteiger partial charge on any atom is 0.261 e. The average molecular weight is 370 g/mol. The van der Waals surface area contributed by atoms with Crippen molar-refractivity contribution in [1.29, 1.82) is 0 Å². The molecular formula is C20H26N4O3. The SMILES string of the molecule is CCN(CC(=O)NC(C)(C)C)C(=O)c1ccc2c(=O)n3c(nc2c1)CCC3. The van der Waals surface area contributed by atoms with Crippen molar-refractivity contribution in [2.45, 2.75) is 52.6 Å². The highest BCUT2D eigenvalue weighted by atomic mass is 16.2. The highest BCUT2D eigenvalue weighted by molar-refractivity contribution is 5.99. The summed E-state index contributed by atoms with van der Waals surface area (Å²) in [7, 11) is 0. The molecular weight excluding hydrogens is 344 g/mol. The topological polar surface area (TPSA) is 84.3 Å². The summed E-state index contributed by atoms with van der Waals surface area (Å²) in [6, 6.07) is 4.95. The van der Waals surface area contributed by atoms with E-state index < -0.39 is 0 Å². The smallest absolute Gasteiger partial charge is 0.261 e. The predicted octanol–water partition coefficient (Wildman–Crippen LogP) is 1.72. The van der Waals surface area contributed by atoms with Crippen molar-refractivity contribution in [1.82, 2.24) is 19.8 Å². The fraction of sp³-hybridized carbons (Fsp3) is 0.500. The minimum Gasteiger partial charge on any atom is -0.350 e. The summed E-state index contributed by atoms with van der Waals surface area (Å²) >= 11 is 0. The van der Waals surface area contributed by atoms with Gasteiger partial charge in [-0.2, -0.15) is 0 Å². The molecule has 27 heavy (non-hydrogen) atoms. The number of likely N-dealkylation sites (N-methyl/N-ethyl adjacent to an activating group) is 1. The number of aryl methyl sites for hydroxylation is 1. The summed E-state index contributed by atoms with van der Waals surface area (Å²) in [5, 5.41) is 3.39. The molecule has 1 aliphatic rings. The van der Waals surface area contributed by atoms with Crippen molar-refractivity contribution in [2.24, 2.45) is 0 Å². The Bertz CT molecular complexity index is 956. The van der Waals surface area contributed by atoms with Crippen LogP contribution in [-0.2, 0) is 17.8 Å². The number of fused-ring (bicyclic) bond motifs is 2. The molecule has 0 spiro atoms. The second-order valence-electron chi connectivity index (χ2n) is 7.94. The lowest BCUT2D eigenvalue weighted by molar-refractivity contribution is -0.123. The van der Waals surface area contributed by atoms with Gasteiger partial charge in [0.1, 0.15) is 5.82 Å². The Hall–Kier alpha value is -2.70. The number of nitrogens with zero attached hydrogens (tertiary/aromatic N) is 3. The number of nitrogens with one attached hydrogen (secondary N) is 1. The van der Waals surface area contributed by atoms with Crippen LogP contribution in [-0.4, -0.2) is 44.9 Å². The molecule has 0 fully saturated rings. The number of hydrogen-bond acceptors (Lipinski definition) is 4. The van der Waals surface area contributed by atoms with Crippen LogP contribution in [0.3, 0.4) is 0 Å². The highest BCUT2D eigenvalue weighted by Gasteiger charge is 2.22. The summed E-state index contributed by atoms with van der Waals surface area (Å²) < 4.78 is 1.71. The summed E-state index contributed by atoms with van der Waals surface area (Å²) in [6.45, 7) is 8.63. The molecule has 7 nitrogen and oxygen atoms in total. The maximum atomic E-state index is 12.9. The standard InChI is InChI=1S/C20H26N4O3/c1-5-23(12-17(25)22-20(2,3)4)18(26)13-8-9-14-15(11-13)21-16-7-6-10-24(16)19(14)27/h8-9,11H,5-7,10,12H2,1-4H3,(H,22,25). The molecule has 0 saturated heterocycles. The highest BCUT2D eigenvalue weighted by Crippen LogP contribution is 2.17. The van der Waals surface area contributed by atoms with Crippen LogP contribution in [0.1, 0.15) is 50.3 Å². The zero-order valence-electron chi connectivity index (χ0n) is 16.3. The van der Waals surface area contributed by atoms with E-state index in [2.05, 4.69) is 10.3 Å². The minimum absolute atomic E-state index is 0.00901. The molecule has 2 aromatic rings. The monoisotopic (exact) mass is 370 g/mol. The van der Waals surface area contributed by atoms with Gasteiger partial charge >= 0.3 is 0 Å². The van der Waals surface area contributed by atoms with Crippen LogP contribution in [0, 0.1) is 0 Å². The van der Waals surface area contributed by atoms with Gasteiger partial charge < -0.3 is 10.2 Å². The zero-order valence-corrected chi connectivity index (χ0v) is 16.3. The number of carbonyl (C=O) groups excluding carboxylic acids is 2. The number of hydrogen-bond donors (Lipinski definition) is 1. The lowest BCUT2D eigenvalue weighted by Gasteiger charge is -2.25. The molecule has 0 bridgehead atoms. The molecule has 0 unspecified atom stereocenters. The predicted molar refractivity (Wildman–Crippen MR) is 104 cm³/mol. The number of aromatic nitrogens is 2. The van der Waals surface area contributed by atoms with Gasteiger partial charge in [0.25, 0.3) is 11.5 Å². The largest absolute Gasteiger partial charge is 0.350 e. The molecule has 7 heteroatoms. The lowest BCUT2D eigenvalue weighted by Crippen LogP contribution is -2.47. The zero-order chi connectivity index (χ0) is 19.8. The van der Waals surface area contributed by atoms with Crippen molar-refractivity contribution in [3.05, 3.63) is 39.9 Å². The van der Waals surface area contributed by atoms with Crippen molar-refractivity contribution < 1.29 is 9.59 Å². The first-order chi connectivity index (χ1) is 12.7. The molecule has 1 aromatic carbocycles. The van der Waals surface area contributed by atoms with Crippen LogP contribution < -0.4 is 10.9 Å². The minimum atomic E-state index is -0.352. The number of amides is 2. The van der Waals surface area contributed by atoms with Crippen LogP contribution in [0.5, 0.6) is 0 Å². The molecule has 0 saturated carbocycles. The maximum absolute atomic E-state index is 12.9. The number of benzene rings is 1. The first-order valence-electron chi connectivity index (χ1n) is 9.33. The molecule has 2 amide bonds. The Morgan fingerprint density at radius 3 is 2.70 bits per heavy atom. The molecule has 0 atom stereocenters. The van der Waals surface area contributed by atoms with E-state index in [1.807, 2.05) is 27.7 Å². The Balaban J connectivity index is 1.87. The second-order valence-corrected chi connectivity index (χ2v) is 7.94. The van der Waals surface area contributed by atoms with E-state index in [0.717, 1.165) is 18.7 Å². The van der Waals surface area contributed by atoms with Crippen molar-refractivity contribution >= 4 is 22.7 Å². The normalized spacial score (nSPS) is 13.5. The molecule has 0 radical (unpaired) electrons. The van der Waals surface area contributed by atoms with Crippen LogP contribution in [0.2, 0.25) is 0 Å². The van der Waals surface area contributed by atoms with Crippen LogP contribution in [0.25, 0.3) is 10.9 Å². The van der Waals surface area contributed by atoms with Crippen molar-refractivity contribution in [3.8, 4) is 0 Å². The van der Waals surface area contributed by atoms with Crippen LogP contribution >= 0.6 is 0 Å². The first kappa shape index (κ1) is 19.1. The van der Waals surface area contributed by atoms with Crippen molar-refractivity contribution in [2.75, 3.05) is 13.1 Å². The van der Waals surface area contributed by atoms with Gasteiger partial charge in [0.2, 0.25) is 5.91 Å². The fourth-order valence-corrected chi connectivity index (χ4v) is 3.36. The van der Waals surface area contributed by atoms with E-state index in [1.165, 1.54) is 4.90 Å². The Kier molecular flexibility index (Phi) is 5.04. The van der Waals surface area contributed by atoms with Crippen LogP contribution in [0.15, 0.2) is 23.0 Å². The second kappa shape index (κ2) is 7.13. The third-order valence-electron chi connectivity index (χ3n) is 4.58. The van der Waals surface area contributed by atoms with E-state index in [0.29, 0.717) is 29.6 Å². The first-order valence-corrected chi connectivity index (χ1v) is 9.33. The van der Waals surface area contributed by atoms with E-state index in [4.69, 9.17) is 0 Å². The molecule has 3 rings (SSSR count). The quantitative estimate of drug-likeness (QED) is 0.888. The molecule has 0 aliphatic carbocycles. The van der Waals surface area contributed by atoms with Gasteiger partial charge in [-0.1, -0.05) is 0 Å². The fourth-order valence-electron chi connectivity index (χ4n) is 3.36. The molecule has 2 heterocycles. The summed E-state index contributed by atoms with van der Waals surface area (Å²) in [5.74, 6) is 0.326. The number of rotatable bonds is 4. The van der Waals surface area contributed by atoms with Gasteiger partial charge in [-0.3, -0.25) is 19.0 Å². The third-order valence-corrected chi connectivity index (χ3v) is 4.58. The van der Waals surface area contributed by atoms with Crippen LogP contribution in [0.4, 0.5) is 0 Å². The van der Waals surface area contributed by atoms with Gasteiger partial charge in [0, 0.05) is 30.6 Å². The summed E-state index contributed by atoms with van der Waals surface area (Å²) in [6.07, 6.45) is 1.69. The molecule has 144 valence electrons. The van der Waals surface area contributed by atoms with E-state index in [-0.39, 0.29) is 29.5 Å². The molecule has 1 N–H and O–H groups in total. The van der Waals surface area contributed by atoms with Crippen molar-refractivity contribution in [3.63, 3.8) is 0 Å². The lowest BCUT2D eigenvalue weighted by atomic mass is 10.1. The molecule has 1 aromatic heterocycles. The van der Waals surface area contributed by atoms with E-state index >= 15 is 0 Å². The number of carbonyl (C=O) groups is 2. The summed E-state index contributed by atoms with van der Waals surface area (Å²) in [4.78, 5) is 43.7. The Morgan fingerprint density at radius 1 is 1.30 bits per heavy atom. The Morgan fingerprint density at radius 2 is 2.04 bits per heavy atom. The third kappa shape index (κ3) is 4.02. The van der Waals surface area contributed by atoms with E-state index in [1.54, 1.807) is 22.8 Å².